The molecular weight excluding hydrogens is 230 g/mol. The Balaban J connectivity index is 2.55. The highest BCUT2D eigenvalue weighted by Crippen LogP contribution is 2.20. The predicted molar refractivity (Wildman–Crippen MR) is 70.4 cm³/mol. The van der Waals surface area contributed by atoms with Gasteiger partial charge in [-0.15, -0.1) is 6.58 Å². The Morgan fingerprint density at radius 2 is 2.22 bits per heavy atom. The molecular formula is C14H23NO3. The molecule has 0 aliphatic carbocycles. The number of rotatable bonds is 3. The zero-order valence-electron chi connectivity index (χ0n) is 11.6. The van der Waals surface area contributed by atoms with Crippen molar-refractivity contribution in [2.24, 2.45) is 5.92 Å². The van der Waals surface area contributed by atoms with E-state index in [4.69, 9.17) is 4.74 Å². The van der Waals surface area contributed by atoms with Crippen LogP contribution in [0.5, 0.6) is 0 Å². The van der Waals surface area contributed by atoms with Crippen LogP contribution in [0.4, 0.5) is 4.79 Å². The summed E-state index contributed by atoms with van der Waals surface area (Å²) in [7, 11) is 0. The average Bonchev–Trinajstić information content (AvgIpc) is 2.25. The van der Waals surface area contributed by atoms with Gasteiger partial charge in [0.05, 0.1) is 0 Å². The number of Topliss-reactive ketones (excluding diaryl/α,β-unsaturated/α-hetero) is 1. The Labute approximate surface area is 109 Å². The molecule has 0 spiro atoms. The van der Waals surface area contributed by atoms with Gasteiger partial charge in [0.25, 0.3) is 0 Å². The molecule has 1 rings (SSSR count). The van der Waals surface area contributed by atoms with E-state index < -0.39 is 5.60 Å². The van der Waals surface area contributed by atoms with Crippen molar-refractivity contribution < 1.29 is 14.3 Å². The molecule has 1 heterocycles. The third-order valence-corrected chi connectivity index (χ3v) is 2.90. The van der Waals surface area contributed by atoms with Gasteiger partial charge < -0.3 is 9.64 Å². The number of piperidine rings is 1. The van der Waals surface area contributed by atoms with E-state index in [1.54, 1.807) is 11.0 Å². The number of carbonyl (C=O) groups is 2. The molecule has 0 N–H and O–H groups in total. The van der Waals surface area contributed by atoms with Crippen LogP contribution in [0, 0.1) is 5.92 Å². The summed E-state index contributed by atoms with van der Waals surface area (Å²) in [5.41, 5.74) is -0.491. The van der Waals surface area contributed by atoms with Crippen molar-refractivity contribution in [1.82, 2.24) is 4.90 Å². The van der Waals surface area contributed by atoms with Gasteiger partial charge in [-0.1, -0.05) is 6.08 Å². The molecule has 0 aromatic heterocycles. The van der Waals surface area contributed by atoms with E-state index in [9.17, 15) is 9.59 Å². The molecule has 0 saturated carbocycles. The van der Waals surface area contributed by atoms with Gasteiger partial charge in [-0.3, -0.25) is 4.79 Å². The molecule has 0 aromatic rings. The fraction of sp³-hybridized carbons (Fsp3) is 0.714. The van der Waals surface area contributed by atoms with Crippen LogP contribution in [0.25, 0.3) is 0 Å². The van der Waals surface area contributed by atoms with Crippen molar-refractivity contribution in [2.45, 2.75) is 45.6 Å². The summed E-state index contributed by atoms with van der Waals surface area (Å²) < 4.78 is 5.32. The molecule has 1 fully saturated rings. The van der Waals surface area contributed by atoms with Gasteiger partial charge in [0.15, 0.2) is 0 Å². The lowest BCUT2D eigenvalue weighted by atomic mass is 9.92. The topological polar surface area (TPSA) is 46.6 Å². The van der Waals surface area contributed by atoms with E-state index in [0.29, 0.717) is 19.5 Å². The number of nitrogens with zero attached hydrogens (tertiary/aromatic N) is 1. The van der Waals surface area contributed by atoms with Gasteiger partial charge in [0.1, 0.15) is 11.4 Å². The van der Waals surface area contributed by atoms with Crippen molar-refractivity contribution in [3.63, 3.8) is 0 Å². The first-order chi connectivity index (χ1) is 8.33. The van der Waals surface area contributed by atoms with Crippen molar-refractivity contribution >= 4 is 11.9 Å². The Morgan fingerprint density at radius 1 is 1.56 bits per heavy atom. The smallest absolute Gasteiger partial charge is 0.410 e. The minimum atomic E-state index is -0.491. The van der Waals surface area contributed by atoms with E-state index >= 15 is 0 Å². The van der Waals surface area contributed by atoms with E-state index in [0.717, 1.165) is 12.8 Å². The third-order valence-electron chi connectivity index (χ3n) is 2.90. The fourth-order valence-corrected chi connectivity index (χ4v) is 1.97. The molecule has 1 saturated heterocycles. The summed E-state index contributed by atoms with van der Waals surface area (Å²) in [6.07, 6.45) is 3.49. The van der Waals surface area contributed by atoms with Gasteiger partial charge >= 0.3 is 6.09 Å². The SMILES string of the molecule is C=CCC[C@H]1CN(C(=O)OC(C)(C)C)CCC1=O. The van der Waals surface area contributed by atoms with Crippen molar-refractivity contribution in [2.75, 3.05) is 13.1 Å². The molecule has 18 heavy (non-hydrogen) atoms. The number of hydrogen-bond donors (Lipinski definition) is 0. The van der Waals surface area contributed by atoms with Crippen LogP contribution in [0.3, 0.4) is 0 Å². The number of likely N-dealkylation sites (tertiary alicyclic amines) is 1. The number of carbonyl (C=O) groups excluding carboxylic acids is 2. The lowest BCUT2D eigenvalue weighted by molar-refractivity contribution is -0.126. The Bertz CT molecular complexity index is 330. The molecule has 0 aromatic carbocycles. The van der Waals surface area contributed by atoms with Crippen molar-refractivity contribution in [3.05, 3.63) is 12.7 Å². The molecule has 1 aliphatic rings. The predicted octanol–water partition coefficient (Wildman–Crippen LogP) is 2.78. The number of allylic oxidation sites excluding steroid dienone is 1. The quantitative estimate of drug-likeness (QED) is 0.727. The number of ketones is 1. The monoisotopic (exact) mass is 253 g/mol. The Morgan fingerprint density at radius 3 is 2.78 bits per heavy atom. The minimum absolute atomic E-state index is 0.0655. The first-order valence-electron chi connectivity index (χ1n) is 6.45. The number of hydrogen-bond acceptors (Lipinski definition) is 3. The molecule has 1 aliphatic heterocycles. The summed E-state index contributed by atoms with van der Waals surface area (Å²) >= 11 is 0. The van der Waals surface area contributed by atoms with Crippen LogP contribution in [0.15, 0.2) is 12.7 Å². The molecule has 1 amide bonds. The van der Waals surface area contributed by atoms with E-state index in [1.165, 1.54) is 0 Å². The molecule has 1 atom stereocenters. The zero-order chi connectivity index (χ0) is 13.8. The second-order valence-electron chi connectivity index (χ2n) is 5.71. The maximum Gasteiger partial charge on any atom is 0.410 e. The molecule has 102 valence electrons. The lowest BCUT2D eigenvalue weighted by Crippen LogP contribution is -2.46. The van der Waals surface area contributed by atoms with Gasteiger partial charge in [-0.25, -0.2) is 4.79 Å². The molecule has 0 bridgehead atoms. The second kappa shape index (κ2) is 6.03. The van der Waals surface area contributed by atoms with Crippen LogP contribution < -0.4 is 0 Å². The second-order valence-corrected chi connectivity index (χ2v) is 5.71. The van der Waals surface area contributed by atoms with Crippen LogP contribution in [0.2, 0.25) is 0 Å². The van der Waals surface area contributed by atoms with E-state index in [2.05, 4.69) is 6.58 Å². The first-order valence-corrected chi connectivity index (χ1v) is 6.45. The van der Waals surface area contributed by atoms with Crippen molar-refractivity contribution in [1.29, 1.82) is 0 Å². The van der Waals surface area contributed by atoms with Crippen LogP contribution in [-0.4, -0.2) is 35.5 Å². The largest absolute Gasteiger partial charge is 0.444 e. The number of ether oxygens (including phenoxy) is 1. The number of amides is 1. The molecule has 4 heteroatoms. The van der Waals surface area contributed by atoms with Gasteiger partial charge in [0.2, 0.25) is 0 Å². The van der Waals surface area contributed by atoms with Crippen LogP contribution in [-0.2, 0) is 9.53 Å². The maximum absolute atomic E-state index is 11.9. The van der Waals surface area contributed by atoms with Gasteiger partial charge in [-0.2, -0.15) is 0 Å². The maximum atomic E-state index is 11.9. The summed E-state index contributed by atoms with van der Waals surface area (Å²) in [6.45, 7) is 10.1. The van der Waals surface area contributed by atoms with E-state index in [1.807, 2.05) is 20.8 Å². The highest BCUT2D eigenvalue weighted by Gasteiger charge is 2.31. The Kier molecular flexibility index (Phi) is 4.93. The van der Waals surface area contributed by atoms with Gasteiger partial charge in [-0.05, 0) is 33.6 Å². The molecule has 0 radical (unpaired) electrons. The lowest BCUT2D eigenvalue weighted by Gasteiger charge is -2.33. The summed E-state index contributed by atoms with van der Waals surface area (Å²) in [6, 6.07) is 0. The molecule has 0 unspecified atom stereocenters. The fourth-order valence-electron chi connectivity index (χ4n) is 1.97. The first kappa shape index (κ1) is 14.7. The highest BCUT2D eigenvalue weighted by atomic mass is 16.6. The standard InChI is InChI=1S/C14H23NO3/c1-5-6-7-11-10-15(9-8-12(11)16)13(17)18-14(2,3)4/h5,11H,1,6-10H2,2-4H3/t11-/m0/s1. The third kappa shape index (κ3) is 4.51. The average molecular weight is 253 g/mol. The minimum Gasteiger partial charge on any atom is -0.444 e. The zero-order valence-corrected chi connectivity index (χ0v) is 11.6. The van der Waals surface area contributed by atoms with Gasteiger partial charge in [0, 0.05) is 25.4 Å². The van der Waals surface area contributed by atoms with E-state index in [-0.39, 0.29) is 17.8 Å². The highest BCUT2D eigenvalue weighted by molar-refractivity contribution is 5.84. The van der Waals surface area contributed by atoms with Crippen LogP contribution >= 0.6 is 0 Å². The molecule has 4 nitrogen and oxygen atoms in total. The normalized spacial score (nSPS) is 20.7. The summed E-state index contributed by atoms with van der Waals surface area (Å²) in [5.74, 6) is 0.181. The van der Waals surface area contributed by atoms with Crippen molar-refractivity contribution in [3.8, 4) is 0 Å². The van der Waals surface area contributed by atoms with Crippen LogP contribution in [0.1, 0.15) is 40.0 Å². The summed E-state index contributed by atoms with van der Waals surface area (Å²) in [4.78, 5) is 25.3. The Hall–Kier alpha value is -1.32. The summed E-state index contributed by atoms with van der Waals surface area (Å²) in [5, 5.41) is 0.